The van der Waals surface area contributed by atoms with Gasteiger partial charge < -0.3 is 30.0 Å². The maximum absolute atomic E-state index is 8.64. The Labute approximate surface area is 833 Å². The van der Waals surface area contributed by atoms with E-state index in [4.69, 9.17) is 28.9 Å². The van der Waals surface area contributed by atoms with E-state index in [-0.39, 0.29) is 121 Å². The monoisotopic (exact) mass is 1970 g/mol. The third-order valence-corrected chi connectivity index (χ3v) is 25.3. The van der Waals surface area contributed by atoms with E-state index in [1.807, 2.05) is 36.4 Å². The minimum atomic E-state index is -0.181. The SMILES string of the molecule is CC(C)(C)c1ccc(-c2nnc(-c3ccc(-c4nc5c6cc(Br)ccc6c6ccc(Br)cc6c5[nH]4)cc3)o2)cc1.CCCCCCCCC(CBr)CCCCCC.CCCCCCCCC(CCCCCC)Cn1c(-c2ccc(-c3nnc(-c4ccc(C(C)(C)C)cc4)o3)cc2)nc2c3cc(Br)ccc3c3ccc(Br)cc3c21.O=CO[O-].[H-].[K+].[K+]. The van der Waals surface area contributed by atoms with Gasteiger partial charge in [0.25, 0.3) is 6.47 Å². The Kier molecular flexibility index (Phi) is 40.4. The van der Waals surface area contributed by atoms with Gasteiger partial charge in [0.15, 0.2) is 0 Å². The Morgan fingerprint density at radius 2 is 0.731 bits per heavy atom. The Hall–Kier alpha value is -4.44. The van der Waals surface area contributed by atoms with Crippen LogP contribution < -0.4 is 108 Å². The molecule has 0 fully saturated rings. The molecule has 4 heterocycles. The van der Waals surface area contributed by atoms with E-state index in [1.54, 1.807) is 0 Å². The van der Waals surface area contributed by atoms with Gasteiger partial charge in [-0.1, -0.05) is 350 Å². The van der Waals surface area contributed by atoms with Crippen molar-refractivity contribution in [1.82, 2.24) is 39.9 Å². The van der Waals surface area contributed by atoms with Crippen molar-refractivity contribution in [3.05, 3.63) is 199 Å². The molecule has 20 heteroatoms. The topological polar surface area (TPSA) is 174 Å². The number of unbranched alkanes of at least 4 members (excludes halogenated alkanes) is 16. The van der Waals surface area contributed by atoms with Gasteiger partial charge in [-0.2, -0.15) is 0 Å². The third kappa shape index (κ3) is 27.1. The number of benzene rings is 10. The summed E-state index contributed by atoms with van der Waals surface area (Å²) in [6.45, 7) is 23.2. The number of aromatic amines is 1. The number of nitrogens with one attached hydrogen (secondary N) is 1. The van der Waals surface area contributed by atoms with E-state index in [0.29, 0.717) is 29.5 Å². The van der Waals surface area contributed by atoms with Gasteiger partial charge in [-0.25, -0.2) is 9.97 Å². The Morgan fingerprint density at radius 3 is 1.12 bits per heavy atom. The smallest absolute Gasteiger partial charge is 1.00 e. The molecule has 14 aromatic rings. The van der Waals surface area contributed by atoms with E-state index < -0.39 is 0 Å². The Morgan fingerprint density at radius 1 is 0.412 bits per heavy atom. The first-order valence-corrected chi connectivity index (χ1v) is 46.7. The zero-order valence-corrected chi connectivity index (χ0v) is 86.0. The summed E-state index contributed by atoms with van der Waals surface area (Å²) < 4.78 is 19.0. The van der Waals surface area contributed by atoms with Crippen molar-refractivity contribution in [3.63, 3.8) is 0 Å². The first kappa shape index (κ1) is 98.4. The Bertz CT molecular complexity index is 5430. The quantitative estimate of drug-likeness (QED) is 0.00773. The molecule has 0 bridgehead atoms. The number of nitrogens with zero attached hydrogens (tertiary/aromatic N) is 7. The number of aromatic nitrogens is 8. The van der Waals surface area contributed by atoms with Crippen molar-refractivity contribution in [3.8, 4) is 68.6 Å². The molecule has 0 aliphatic heterocycles. The molecule has 0 aliphatic rings. The second-order valence-electron chi connectivity index (χ2n) is 33.3. The van der Waals surface area contributed by atoms with Crippen LogP contribution in [0.1, 0.15) is 236 Å². The second-order valence-corrected chi connectivity index (χ2v) is 37.6. The largest absolute Gasteiger partial charge is 1.00 e. The fraction of sp³-hybridized carbons (Fsp3) is 0.404. The molecular weight excluding hydrogens is 1860 g/mol. The summed E-state index contributed by atoms with van der Waals surface area (Å²) in [6, 6.07) is 59.4. The van der Waals surface area contributed by atoms with Gasteiger partial charge in [0.2, 0.25) is 23.6 Å². The van der Waals surface area contributed by atoms with E-state index in [1.165, 1.54) is 208 Å². The molecule has 4 aromatic heterocycles. The van der Waals surface area contributed by atoms with Gasteiger partial charge in [0.05, 0.1) is 22.1 Å². The predicted octanol–water partition coefficient (Wildman–Crippen LogP) is 25.2. The molecule has 13 nitrogen and oxygen atoms in total. The summed E-state index contributed by atoms with van der Waals surface area (Å²) in [4.78, 5) is 25.5. The standard InChI is InChI=1S/C49H56Br2N4O.C33H24Br2N4O.C16H33Br.CH2O3.2K.H/c1-6-8-10-12-13-15-17-33(16-14-11-9-7-2)32-55-45-43-31-39(51)27-29-41(43)40-28-26-38(50)30-42(40)44(45)52-46(55)34-18-20-35(21-19-34)47-53-54-48(56-47)36-22-24-37(25-23-36)49(3,4)5;1-33(2,3)21-10-8-20(9-11-21)32-39-38-31(40-32)19-6-4-18(5-7-19)30-36-28-26-16-22(34)12-14-24(26)25-15-13-23(35)17-27(25)29(28)37-30;1-3-5-7-9-10-12-14-16(15-17)13-11-8-6-4-2;2-1-4-3;;;/h18-31,33H,6-17,32H2,1-5H3;4-17H,1-3H3,(H,36,37);16H,3-15H2,1-2H3;1,3H;;;/q;;;;2*+1;-1/p-1. The number of hydrogen-bond donors (Lipinski definition) is 1. The summed E-state index contributed by atoms with van der Waals surface area (Å²) in [5.41, 5.74) is 12.6. The van der Waals surface area contributed by atoms with Gasteiger partial charge in [-0.05, 0) is 178 Å². The molecule has 0 amide bonds. The van der Waals surface area contributed by atoms with E-state index in [9.17, 15) is 0 Å². The van der Waals surface area contributed by atoms with Crippen LogP contribution in [0, 0.1) is 11.8 Å². The average Bonchev–Trinajstić information content (AvgIpc) is 1.55. The van der Waals surface area contributed by atoms with Crippen LogP contribution >= 0.6 is 79.6 Å². The van der Waals surface area contributed by atoms with Gasteiger partial charge in [0.1, 0.15) is 11.6 Å². The minimum Gasteiger partial charge on any atom is -1.00 e. The van der Waals surface area contributed by atoms with Crippen LogP contribution in [0.3, 0.4) is 0 Å². The zero-order chi connectivity index (χ0) is 83.0. The predicted molar refractivity (Wildman–Crippen MR) is 505 cm³/mol. The summed E-state index contributed by atoms with van der Waals surface area (Å²) in [7, 11) is 0. The number of alkyl halides is 1. The molecule has 1 N–H and O–H groups in total. The number of hydrogen-bond acceptors (Lipinski definition) is 11. The van der Waals surface area contributed by atoms with Gasteiger partial charge in [0, 0.05) is 84.7 Å². The van der Waals surface area contributed by atoms with Gasteiger partial charge in [-0.3, -0.25) is 4.79 Å². The summed E-state index contributed by atoms with van der Waals surface area (Å²) >= 11 is 18.6. The van der Waals surface area contributed by atoms with Crippen molar-refractivity contribution in [1.29, 1.82) is 0 Å². The molecule has 0 radical (unpaired) electrons. The van der Waals surface area contributed by atoms with E-state index in [0.717, 1.165) is 103 Å². The summed E-state index contributed by atoms with van der Waals surface area (Å²) in [5, 5.41) is 36.6. The molecule has 0 spiro atoms. The molecule has 2 atom stereocenters. The number of H-pyrrole nitrogens is 1. The first-order valence-electron chi connectivity index (χ1n) is 42.4. The minimum absolute atomic E-state index is 0. The molecule has 2 unspecified atom stereocenters. The molecule has 618 valence electrons. The molecular formula is C99H115Br5K2N8O5. The molecule has 0 saturated carbocycles. The van der Waals surface area contributed by atoms with E-state index >= 15 is 0 Å². The van der Waals surface area contributed by atoms with Crippen LogP contribution in [0.4, 0.5) is 0 Å². The summed E-state index contributed by atoms with van der Waals surface area (Å²) in [5.74, 6) is 5.36. The third-order valence-electron chi connectivity index (χ3n) is 22.4. The van der Waals surface area contributed by atoms with Crippen molar-refractivity contribution >= 4 is 151 Å². The van der Waals surface area contributed by atoms with Crippen molar-refractivity contribution in [2.45, 2.75) is 241 Å². The van der Waals surface area contributed by atoms with Gasteiger partial charge in [-0.15, -0.1) is 20.4 Å². The van der Waals surface area contributed by atoms with E-state index in [2.05, 4.69) is 317 Å². The van der Waals surface area contributed by atoms with Crippen LogP contribution in [0.15, 0.2) is 197 Å². The molecule has 10 aromatic carbocycles. The number of carbonyl (C=O) groups is 1. The zero-order valence-electron chi connectivity index (χ0n) is 72.8. The van der Waals surface area contributed by atoms with Crippen LogP contribution in [-0.4, -0.2) is 51.7 Å². The van der Waals surface area contributed by atoms with Crippen LogP contribution in [0.25, 0.3) is 134 Å². The number of halogens is 5. The number of carbonyl (C=O) groups excluding carboxylic acids is 1. The van der Waals surface area contributed by atoms with Crippen LogP contribution in [-0.2, 0) is 27.1 Å². The molecule has 0 saturated heterocycles. The van der Waals surface area contributed by atoms with Crippen molar-refractivity contribution < 1.29 is 128 Å². The van der Waals surface area contributed by atoms with Gasteiger partial charge >= 0.3 is 103 Å². The van der Waals surface area contributed by atoms with Crippen LogP contribution in [0.5, 0.6) is 0 Å². The van der Waals surface area contributed by atoms with Crippen molar-refractivity contribution in [2.75, 3.05) is 5.33 Å². The molecule has 0 aliphatic carbocycles. The number of imidazole rings is 2. The average molecular weight is 1970 g/mol. The van der Waals surface area contributed by atoms with Crippen molar-refractivity contribution in [2.24, 2.45) is 11.8 Å². The fourth-order valence-corrected chi connectivity index (χ4v) is 17.8. The fourth-order valence-electron chi connectivity index (χ4n) is 15.7. The maximum atomic E-state index is 8.64. The maximum Gasteiger partial charge on any atom is 1.00 e. The molecule has 14 rings (SSSR count). The molecule has 119 heavy (non-hydrogen) atoms. The Balaban J connectivity index is 0.000000243. The van der Waals surface area contributed by atoms with Crippen LogP contribution in [0.2, 0.25) is 0 Å². The summed E-state index contributed by atoms with van der Waals surface area (Å²) in [6.07, 6.45) is 32.7. The number of rotatable bonds is 34. The number of fused-ring (bicyclic) bond motifs is 12. The normalized spacial score (nSPS) is 12.1. The second kappa shape index (κ2) is 48.9. The first-order chi connectivity index (χ1) is 56.6.